The van der Waals surface area contributed by atoms with Crippen LogP contribution in [0.25, 0.3) is 0 Å². The first-order valence-corrected chi connectivity index (χ1v) is 10.1. The smallest absolute Gasteiger partial charge is 0.257 e. The second kappa shape index (κ2) is 8.73. The normalized spacial score (nSPS) is 12.8. The van der Waals surface area contributed by atoms with Crippen molar-refractivity contribution >= 4 is 17.3 Å². The molecule has 0 saturated carbocycles. The van der Waals surface area contributed by atoms with Gasteiger partial charge in [0.1, 0.15) is 5.75 Å². The Morgan fingerprint density at radius 2 is 1.90 bits per heavy atom. The molecule has 3 heterocycles. The van der Waals surface area contributed by atoms with Crippen molar-refractivity contribution in [3.05, 3.63) is 76.4 Å². The number of aryl methyl sites for hydroxylation is 1. The first-order valence-electron chi connectivity index (χ1n) is 10.1. The van der Waals surface area contributed by atoms with Crippen molar-refractivity contribution in [2.24, 2.45) is 0 Å². The van der Waals surface area contributed by atoms with Gasteiger partial charge in [-0.25, -0.2) is 0 Å². The predicted molar refractivity (Wildman–Crippen MR) is 119 cm³/mol. The van der Waals surface area contributed by atoms with Gasteiger partial charge >= 0.3 is 0 Å². The molecule has 31 heavy (non-hydrogen) atoms. The summed E-state index contributed by atoms with van der Waals surface area (Å²) in [6.45, 7) is 2.96. The summed E-state index contributed by atoms with van der Waals surface area (Å²) in [6, 6.07) is 13.7. The molecule has 1 aliphatic rings. The Kier molecular flexibility index (Phi) is 5.86. The number of ether oxygens (including phenoxy) is 2. The summed E-state index contributed by atoms with van der Waals surface area (Å²) in [5, 5.41) is 3.41. The van der Waals surface area contributed by atoms with Gasteiger partial charge in [-0.3, -0.25) is 14.8 Å². The average molecular weight is 418 g/mol. The van der Waals surface area contributed by atoms with Gasteiger partial charge in [0.05, 0.1) is 42.9 Å². The van der Waals surface area contributed by atoms with Crippen LogP contribution in [-0.2, 0) is 24.3 Å². The molecule has 0 unspecified atom stereocenters. The second-order valence-corrected chi connectivity index (χ2v) is 7.68. The zero-order chi connectivity index (χ0) is 22.0. The van der Waals surface area contributed by atoms with Crippen molar-refractivity contribution in [1.29, 1.82) is 0 Å². The Morgan fingerprint density at radius 3 is 2.65 bits per heavy atom. The second-order valence-electron chi connectivity index (χ2n) is 7.68. The van der Waals surface area contributed by atoms with Crippen LogP contribution in [0.1, 0.15) is 38.7 Å². The van der Waals surface area contributed by atoms with E-state index in [4.69, 9.17) is 14.5 Å². The van der Waals surface area contributed by atoms with E-state index in [1.54, 1.807) is 26.2 Å². The van der Waals surface area contributed by atoms with Crippen LogP contribution >= 0.6 is 0 Å². The Morgan fingerprint density at radius 1 is 1.06 bits per heavy atom. The maximum Gasteiger partial charge on any atom is 0.257 e. The highest BCUT2D eigenvalue weighted by Gasteiger charge is 2.30. The zero-order valence-electron chi connectivity index (χ0n) is 18.2. The fourth-order valence-electron chi connectivity index (χ4n) is 3.81. The van der Waals surface area contributed by atoms with E-state index in [1.807, 2.05) is 49.4 Å². The molecular formula is C24H26N4O3. The molecule has 0 fully saturated rings. The molecule has 0 aliphatic carbocycles. The standard InChI is InChI=1S/C24H26N4O3/c1-15-6-5-7-17(25-15)11-18-12-20(23-21(26-18)13-28(2)24(23)29)27-19-9-8-16(14-30-3)10-22(19)31-4/h5-10,12H,11,13-14H2,1-4H3,(H,26,27). The molecule has 7 nitrogen and oxygen atoms in total. The number of amides is 1. The van der Waals surface area contributed by atoms with E-state index in [9.17, 15) is 4.79 Å². The molecule has 1 aromatic carbocycles. The lowest BCUT2D eigenvalue weighted by atomic mass is 10.1. The van der Waals surface area contributed by atoms with Crippen molar-refractivity contribution in [1.82, 2.24) is 14.9 Å². The third-order valence-corrected chi connectivity index (χ3v) is 5.25. The minimum Gasteiger partial charge on any atom is -0.495 e. The number of methoxy groups -OCH3 is 2. The van der Waals surface area contributed by atoms with Crippen LogP contribution in [0.2, 0.25) is 0 Å². The number of carbonyl (C=O) groups is 1. The van der Waals surface area contributed by atoms with E-state index in [-0.39, 0.29) is 5.91 Å². The van der Waals surface area contributed by atoms with Crippen LogP contribution in [0.5, 0.6) is 5.75 Å². The number of hydrogen-bond donors (Lipinski definition) is 1. The number of nitrogens with zero attached hydrogens (tertiary/aromatic N) is 3. The third kappa shape index (κ3) is 4.36. The summed E-state index contributed by atoms with van der Waals surface area (Å²) in [6.07, 6.45) is 0.589. The van der Waals surface area contributed by atoms with E-state index < -0.39 is 0 Å². The fraction of sp³-hybridized carbons (Fsp3) is 0.292. The molecular weight excluding hydrogens is 392 g/mol. The lowest BCUT2D eigenvalue weighted by molar-refractivity contribution is 0.0817. The van der Waals surface area contributed by atoms with Gasteiger partial charge in [-0.1, -0.05) is 12.1 Å². The largest absolute Gasteiger partial charge is 0.495 e. The van der Waals surface area contributed by atoms with Crippen LogP contribution in [0.15, 0.2) is 42.5 Å². The molecule has 1 aliphatic heterocycles. The first-order chi connectivity index (χ1) is 15.0. The minimum atomic E-state index is -0.0415. The van der Waals surface area contributed by atoms with E-state index in [2.05, 4.69) is 10.3 Å². The lowest BCUT2D eigenvalue weighted by Crippen LogP contribution is -2.18. The summed E-state index contributed by atoms with van der Waals surface area (Å²) < 4.78 is 10.8. The van der Waals surface area contributed by atoms with Gasteiger partial charge in [0.2, 0.25) is 0 Å². The van der Waals surface area contributed by atoms with E-state index in [1.165, 1.54) is 0 Å². The van der Waals surface area contributed by atoms with E-state index in [0.717, 1.165) is 39.7 Å². The molecule has 160 valence electrons. The monoisotopic (exact) mass is 418 g/mol. The maximum atomic E-state index is 12.8. The number of aromatic nitrogens is 2. The molecule has 0 atom stereocenters. The number of fused-ring (bicyclic) bond motifs is 1. The van der Waals surface area contributed by atoms with Gasteiger partial charge < -0.3 is 19.7 Å². The summed E-state index contributed by atoms with van der Waals surface area (Å²) in [4.78, 5) is 23.8. The molecule has 0 saturated heterocycles. The maximum absolute atomic E-state index is 12.8. The van der Waals surface area contributed by atoms with Gasteiger partial charge in [-0.05, 0) is 42.8 Å². The van der Waals surface area contributed by atoms with Gasteiger partial charge in [0.25, 0.3) is 5.91 Å². The van der Waals surface area contributed by atoms with Crippen LogP contribution in [0, 0.1) is 6.92 Å². The van der Waals surface area contributed by atoms with Crippen molar-refractivity contribution in [3.63, 3.8) is 0 Å². The number of benzene rings is 1. The predicted octanol–water partition coefficient (Wildman–Crippen LogP) is 3.86. The van der Waals surface area contributed by atoms with Gasteiger partial charge in [0.15, 0.2) is 0 Å². The Hall–Kier alpha value is -3.45. The highest BCUT2D eigenvalue weighted by atomic mass is 16.5. The first kappa shape index (κ1) is 20.8. The molecule has 0 radical (unpaired) electrons. The summed E-state index contributed by atoms with van der Waals surface area (Å²) >= 11 is 0. The van der Waals surface area contributed by atoms with Gasteiger partial charge in [0, 0.05) is 37.7 Å². The molecule has 3 aromatic rings. The number of nitrogens with one attached hydrogen (secondary N) is 1. The molecule has 7 heteroatoms. The summed E-state index contributed by atoms with van der Waals surface area (Å²) in [5.41, 5.74) is 6.65. The highest BCUT2D eigenvalue weighted by Crippen LogP contribution is 2.34. The number of rotatable bonds is 7. The molecule has 1 amide bonds. The Balaban J connectivity index is 1.73. The van der Waals surface area contributed by atoms with Crippen molar-refractivity contribution in [2.45, 2.75) is 26.5 Å². The molecule has 2 aromatic heterocycles. The number of hydrogen-bond acceptors (Lipinski definition) is 6. The van der Waals surface area contributed by atoms with Crippen molar-refractivity contribution < 1.29 is 14.3 Å². The lowest BCUT2D eigenvalue weighted by Gasteiger charge is -2.16. The summed E-state index contributed by atoms with van der Waals surface area (Å²) in [7, 11) is 5.07. The van der Waals surface area contributed by atoms with Crippen molar-refractivity contribution in [3.8, 4) is 5.75 Å². The topological polar surface area (TPSA) is 76.6 Å². The minimum absolute atomic E-state index is 0.0415. The van der Waals surface area contributed by atoms with Crippen LogP contribution in [0.4, 0.5) is 11.4 Å². The van der Waals surface area contributed by atoms with Crippen LogP contribution in [-0.4, -0.2) is 42.0 Å². The van der Waals surface area contributed by atoms with Crippen LogP contribution in [0.3, 0.4) is 0 Å². The van der Waals surface area contributed by atoms with E-state index in [0.29, 0.717) is 30.9 Å². The number of carbonyl (C=O) groups excluding carboxylic acids is 1. The van der Waals surface area contributed by atoms with Crippen molar-refractivity contribution in [2.75, 3.05) is 26.6 Å². The number of anilines is 2. The molecule has 0 bridgehead atoms. The number of pyridine rings is 2. The average Bonchev–Trinajstić information content (AvgIpc) is 3.03. The molecule has 0 spiro atoms. The van der Waals surface area contributed by atoms with Gasteiger partial charge in [-0.15, -0.1) is 0 Å². The zero-order valence-corrected chi connectivity index (χ0v) is 18.2. The fourth-order valence-corrected chi connectivity index (χ4v) is 3.81. The molecule has 4 rings (SSSR count). The molecule has 1 N–H and O–H groups in total. The Labute approximate surface area is 182 Å². The third-order valence-electron chi connectivity index (χ3n) is 5.25. The quantitative estimate of drug-likeness (QED) is 0.628. The van der Waals surface area contributed by atoms with Crippen LogP contribution < -0.4 is 10.1 Å². The summed E-state index contributed by atoms with van der Waals surface area (Å²) in [5.74, 6) is 0.640. The van der Waals surface area contributed by atoms with E-state index >= 15 is 0 Å². The Bertz CT molecular complexity index is 1130. The highest BCUT2D eigenvalue weighted by molar-refractivity contribution is 6.03. The van der Waals surface area contributed by atoms with Gasteiger partial charge in [-0.2, -0.15) is 0 Å². The SMILES string of the molecule is COCc1ccc(Nc2cc(Cc3cccc(C)n3)nc3c2C(=O)N(C)C3)c(OC)c1.